The number of rotatable bonds is 10. The zero-order chi connectivity index (χ0) is 14.3. The minimum Gasteiger partial charge on any atom is -0.104 e. The number of unbranched alkanes of at least 4 members (excludes halogenated alkanes) is 8. The fraction of sp³-hybridized carbons (Fsp3) is 0.600. The predicted molar refractivity (Wildman–Crippen MR) is 89.8 cm³/mol. The van der Waals surface area contributed by atoms with Crippen molar-refractivity contribution in [2.24, 2.45) is 0 Å². The molecule has 0 atom stereocenters. The molecule has 0 heteroatoms. The first-order valence-corrected chi connectivity index (χ1v) is 8.43. The van der Waals surface area contributed by atoms with Crippen LogP contribution in [0, 0.1) is 11.8 Å². The summed E-state index contributed by atoms with van der Waals surface area (Å²) in [5, 5.41) is 0. The van der Waals surface area contributed by atoms with Gasteiger partial charge < -0.3 is 0 Å². The van der Waals surface area contributed by atoms with Gasteiger partial charge in [0.2, 0.25) is 0 Å². The van der Waals surface area contributed by atoms with Crippen molar-refractivity contribution in [3.63, 3.8) is 0 Å². The second-order valence-electron chi connectivity index (χ2n) is 5.52. The summed E-state index contributed by atoms with van der Waals surface area (Å²) in [6.45, 7) is 2.12. The Morgan fingerprint density at radius 3 is 1.95 bits per heavy atom. The van der Waals surface area contributed by atoms with Gasteiger partial charge in [-0.15, -0.1) is 11.8 Å². The van der Waals surface area contributed by atoms with Crippen LogP contribution in [0.4, 0.5) is 0 Å². The molecule has 0 aliphatic carbocycles. The maximum atomic E-state index is 3.22. The van der Waals surface area contributed by atoms with Gasteiger partial charge in [-0.2, -0.15) is 0 Å². The van der Waals surface area contributed by atoms with E-state index in [1.807, 2.05) is 0 Å². The largest absolute Gasteiger partial charge is 0.104 e. The molecule has 0 unspecified atom stereocenters. The Balaban J connectivity index is 1.81. The lowest BCUT2D eigenvalue weighted by atomic mass is 10.0. The maximum absolute atomic E-state index is 3.22. The molecule has 1 aromatic carbocycles. The SMILES string of the molecule is CCC#CCCCCCCCCCCc1ccccc1. The lowest BCUT2D eigenvalue weighted by Crippen LogP contribution is -1.86. The van der Waals surface area contributed by atoms with E-state index < -0.39 is 0 Å². The standard InChI is InChI=1S/C20H30/c1-2-3-4-5-6-7-8-9-10-11-12-14-17-20-18-15-13-16-19-20/h13,15-16,18-19H,2,5-12,14,17H2,1H3. The van der Waals surface area contributed by atoms with Crippen LogP contribution in [0.1, 0.15) is 76.7 Å². The molecule has 0 bridgehead atoms. The van der Waals surface area contributed by atoms with Gasteiger partial charge in [0.15, 0.2) is 0 Å². The molecule has 1 rings (SSSR count). The smallest absolute Gasteiger partial charge is 0.00886 e. The van der Waals surface area contributed by atoms with Crippen LogP contribution in [0.25, 0.3) is 0 Å². The van der Waals surface area contributed by atoms with Gasteiger partial charge >= 0.3 is 0 Å². The van der Waals surface area contributed by atoms with Gasteiger partial charge in [-0.05, 0) is 24.8 Å². The molecule has 0 N–H and O–H groups in total. The van der Waals surface area contributed by atoms with E-state index in [4.69, 9.17) is 0 Å². The van der Waals surface area contributed by atoms with Crippen molar-refractivity contribution in [1.29, 1.82) is 0 Å². The summed E-state index contributed by atoms with van der Waals surface area (Å²) in [4.78, 5) is 0. The summed E-state index contributed by atoms with van der Waals surface area (Å²) >= 11 is 0. The lowest BCUT2D eigenvalue weighted by Gasteiger charge is -2.02. The van der Waals surface area contributed by atoms with Gasteiger partial charge in [0, 0.05) is 12.8 Å². The van der Waals surface area contributed by atoms with Crippen LogP contribution < -0.4 is 0 Å². The Kier molecular flexibility index (Phi) is 10.8. The molecule has 0 heterocycles. The number of hydrogen-bond acceptors (Lipinski definition) is 0. The van der Waals surface area contributed by atoms with Crippen LogP contribution in [0.5, 0.6) is 0 Å². The van der Waals surface area contributed by atoms with Gasteiger partial charge in [-0.3, -0.25) is 0 Å². The van der Waals surface area contributed by atoms with Crippen molar-refractivity contribution < 1.29 is 0 Å². The van der Waals surface area contributed by atoms with E-state index in [1.165, 1.54) is 63.4 Å². The molecule has 110 valence electrons. The maximum Gasteiger partial charge on any atom is 0.00886 e. The van der Waals surface area contributed by atoms with E-state index in [1.54, 1.807) is 0 Å². The Hall–Kier alpha value is -1.22. The quantitative estimate of drug-likeness (QED) is 0.353. The molecule has 0 radical (unpaired) electrons. The van der Waals surface area contributed by atoms with E-state index >= 15 is 0 Å². The fourth-order valence-electron chi connectivity index (χ4n) is 2.46. The zero-order valence-electron chi connectivity index (χ0n) is 13.2. The fourth-order valence-corrected chi connectivity index (χ4v) is 2.46. The highest BCUT2D eigenvalue weighted by Gasteiger charge is 1.94. The average Bonchev–Trinajstić information content (AvgIpc) is 2.49. The van der Waals surface area contributed by atoms with E-state index in [-0.39, 0.29) is 0 Å². The highest BCUT2D eigenvalue weighted by atomic mass is 14.0. The molecule has 0 saturated heterocycles. The molecule has 0 aliphatic heterocycles. The first kappa shape index (κ1) is 16.8. The number of aryl methyl sites for hydroxylation is 1. The minimum absolute atomic E-state index is 1.00. The molecule has 0 amide bonds. The van der Waals surface area contributed by atoms with Crippen LogP contribution >= 0.6 is 0 Å². The Morgan fingerprint density at radius 2 is 1.30 bits per heavy atom. The molecular weight excluding hydrogens is 240 g/mol. The van der Waals surface area contributed by atoms with E-state index in [0.29, 0.717) is 0 Å². The van der Waals surface area contributed by atoms with Crippen molar-refractivity contribution in [3.8, 4) is 11.8 Å². The Labute approximate surface area is 126 Å². The van der Waals surface area contributed by atoms with Crippen molar-refractivity contribution in [2.45, 2.75) is 77.6 Å². The minimum atomic E-state index is 1.00. The highest BCUT2D eigenvalue weighted by molar-refractivity contribution is 5.14. The van der Waals surface area contributed by atoms with Gasteiger partial charge in [0.1, 0.15) is 0 Å². The summed E-state index contributed by atoms with van der Waals surface area (Å²) in [6.07, 6.45) is 14.4. The highest BCUT2D eigenvalue weighted by Crippen LogP contribution is 2.11. The third-order valence-electron chi connectivity index (χ3n) is 3.66. The summed E-state index contributed by atoms with van der Waals surface area (Å²) in [5.41, 5.74) is 1.49. The van der Waals surface area contributed by atoms with Crippen molar-refractivity contribution in [3.05, 3.63) is 35.9 Å². The van der Waals surface area contributed by atoms with E-state index in [2.05, 4.69) is 49.1 Å². The molecule has 20 heavy (non-hydrogen) atoms. The van der Waals surface area contributed by atoms with Gasteiger partial charge in [0.25, 0.3) is 0 Å². The molecule has 0 saturated carbocycles. The Morgan fingerprint density at radius 1 is 0.700 bits per heavy atom. The second kappa shape index (κ2) is 12.8. The topological polar surface area (TPSA) is 0 Å². The lowest BCUT2D eigenvalue weighted by molar-refractivity contribution is 0.570. The van der Waals surface area contributed by atoms with Gasteiger partial charge in [-0.25, -0.2) is 0 Å². The molecule has 1 aromatic rings. The van der Waals surface area contributed by atoms with E-state index in [0.717, 1.165) is 12.8 Å². The molecule has 0 aromatic heterocycles. The first-order chi connectivity index (χ1) is 9.93. The third-order valence-corrected chi connectivity index (χ3v) is 3.66. The van der Waals surface area contributed by atoms with Crippen molar-refractivity contribution in [1.82, 2.24) is 0 Å². The van der Waals surface area contributed by atoms with Crippen LogP contribution in [0.3, 0.4) is 0 Å². The van der Waals surface area contributed by atoms with Crippen LogP contribution in [0.15, 0.2) is 30.3 Å². The van der Waals surface area contributed by atoms with Crippen molar-refractivity contribution >= 4 is 0 Å². The predicted octanol–water partition coefficient (Wildman–Crippen LogP) is 6.15. The molecular formula is C20H30. The van der Waals surface area contributed by atoms with Crippen LogP contribution in [-0.2, 0) is 6.42 Å². The molecule has 0 fully saturated rings. The summed E-state index contributed by atoms with van der Waals surface area (Å²) in [6, 6.07) is 10.8. The molecule has 0 nitrogen and oxygen atoms in total. The normalized spacial score (nSPS) is 10.1. The Bertz CT molecular complexity index is 366. The summed E-state index contributed by atoms with van der Waals surface area (Å²) in [7, 11) is 0. The molecule has 0 aliphatic rings. The third kappa shape index (κ3) is 9.68. The van der Waals surface area contributed by atoms with E-state index in [9.17, 15) is 0 Å². The summed E-state index contributed by atoms with van der Waals surface area (Å²) < 4.78 is 0. The zero-order valence-corrected chi connectivity index (χ0v) is 13.2. The van der Waals surface area contributed by atoms with Gasteiger partial charge in [0.05, 0.1) is 0 Å². The number of benzene rings is 1. The van der Waals surface area contributed by atoms with Gasteiger partial charge in [-0.1, -0.05) is 75.8 Å². The first-order valence-electron chi connectivity index (χ1n) is 8.43. The number of hydrogen-bond donors (Lipinski definition) is 0. The van der Waals surface area contributed by atoms with Crippen molar-refractivity contribution in [2.75, 3.05) is 0 Å². The second-order valence-corrected chi connectivity index (χ2v) is 5.52. The van der Waals surface area contributed by atoms with Crippen LogP contribution in [0.2, 0.25) is 0 Å². The van der Waals surface area contributed by atoms with Crippen LogP contribution in [-0.4, -0.2) is 0 Å². The molecule has 0 spiro atoms. The monoisotopic (exact) mass is 270 g/mol. The summed E-state index contributed by atoms with van der Waals surface area (Å²) in [5.74, 6) is 6.36. The average molecular weight is 270 g/mol.